The summed E-state index contributed by atoms with van der Waals surface area (Å²) in [5.74, 6) is -1.64. The van der Waals surface area contributed by atoms with Crippen LogP contribution < -0.4 is 0 Å². The molecule has 0 fully saturated rings. The number of halogens is 2. The second-order valence-electron chi connectivity index (χ2n) is 3.36. The molecule has 0 unspecified atom stereocenters. The van der Waals surface area contributed by atoms with Crippen LogP contribution >= 0.6 is 0 Å². The van der Waals surface area contributed by atoms with E-state index in [0.717, 1.165) is 6.07 Å². The molecular weight excluding hydrogens is 202 g/mol. The molecule has 0 bridgehead atoms. The molecule has 1 aromatic carbocycles. The lowest BCUT2D eigenvalue weighted by Gasteiger charge is -2.02. The fraction of sp³-hybridized carbons (Fsp3) is 0.182. The largest absolute Gasteiger partial charge is 0.461 e. The second kappa shape index (κ2) is 3.46. The number of ketones is 1. The highest BCUT2D eigenvalue weighted by Crippen LogP contribution is 2.26. The summed E-state index contributed by atoms with van der Waals surface area (Å²) >= 11 is 0. The molecule has 0 N–H and O–H groups in total. The summed E-state index contributed by atoms with van der Waals surface area (Å²) < 4.78 is 31.4. The van der Waals surface area contributed by atoms with Gasteiger partial charge in [0, 0.05) is 23.4 Å². The van der Waals surface area contributed by atoms with Gasteiger partial charge in [0.2, 0.25) is 0 Å². The van der Waals surface area contributed by atoms with E-state index in [9.17, 15) is 13.6 Å². The van der Waals surface area contributed by atoms with Crippen LogP contribution in [-0.2, 0) is 11.2 Å². The van der Waals surface area contributed by atoms with Crippen molar-refractivity contribution in [3.8, 4) is 0 Å². The third-order valence-electron chi connectivity index (χ3n) is 2.17. The molecule has 78 valence electrons. The maximum absolute atomic E-state index is 13.4. The molecule has 0 aliphatic rings. The van der Waals surface area contributed by atoms with Crippen LogP contribution in [-0.4, -0.2) is 5.78 Å². The Bertz CT molecular complexity index is 529. The van der Waals surface area contributed by atoms with E-state index in [4.69, 9.17) is 4.42 Å². The number of hydrogen-bond donors (Lipinski definition) is 0. The van der Waals surface area contributed by atoms with Crippen LogP contribution in [0.1, 0.15) is 12.5 Å². The molecule has 2 nitrogen and oxygen atoms in total. The van der Waals surface area contributed by atoms with Gasteiger partial charge in [-0.05, 0) is 13.0 Å². The molecule has 4 heteroatoms. The maximum atomic E-state index is 13.4. The molecule has 0 spiro atoms. The van der Waals surface area contributed by atoms with Crippen LogP contribution in [0.4, 0.5) is 8.78 Å². The minimum Gasteiger partial charge on any atom is -0.461 e. The van der Waals surface area contributed by atoms with Crippen molar-refractivity contribution in [3.05, 3.63) is 35.6 Å². The van der Waals surface area contributed by atoms with Gasteiger partial charge in [-0.1, -0.05) is 0 Å². The summed E-state index contributed by atoms with van der Waals surface area (Å²) in [4.78, 5) is 10.9. The summed E-state index contributed by atoms with van der Waals surface area (Å²) in [6, 6.07) is 2.20. The number of carbonyl (C=O) groups is 1. The fourth-order valence-corrected chi connectivity index (χ4v) is 1.55. The second-order valence-corrected chi connectivity index (χ2v) is 3.36. The molecule has 1 heterocycles. The Labute approximate surface area is 84.5 Å². The quantitative estimate of drug-likeness (QED) is 0.762. The molecule has 0 radical (unpaired) electrons. The van der Waals surface area contributed by atoms with Crippen molar-refractivity contribution >= 4 is 16.8 Å². The van der Waals surface area contributed by atoms with Crippen molar-refractivity contribution in [2.24, 2.45) is 0 Å². The van der Waals surface area contributed by atoms with Gasteiger partial charge in [-0.3, -0.25) is 4.79 Å². The summed E-state index contributed by atoms with van der Waals surface area (Å²) in [7, 11) is 0. The minimum absolute atomic E-state index is 0.00681. The van der Waals surface area contributed by atoms with Crippen LogP contribution in [0.25, 0.3) is 11.0 Å². The molecular formula is C11H8F2O2. The van der Waals surface area contributed by atoms with Gasteiger partial charge < -0.3 is 4.42 Å². The van der Waals surface area contributed by atoms with E-state index < -0.39 is 11.6 Å². The number of Topliss-reactive ketones (excluding diaryl/α,β-unsaturated/α-hetero) is 1. The van der Waals surface area contributed by atoms with Crippen LogP contribution in [0.2, 0.25) is 0 Å². The normalized spacial score (nSPS) is 10.9. The van der Waals surface area contributed by atoms with E-state index in [0.29, 0.717) is 5.39 Å². The monoisotopic (exact) mass is 210 g/mol. The van der Waals surface area contributed by atoms with Crippen molar-refractivity contribution in [2.45, 2.75) is 13.3 Å². The van der Waals surface area contributed by atoms with E-state index in [1.807, 2.05) is 0 Å². The molecule has 0 amide bonds. The lowest BCUT2D eigenvalue weighted by atomic mass is 10.0. The number of benzene rings is 1. The van der Waals surface area contributed by atoms with Gasteiger partial charge in [0.15, 0.2) is 11.4 Å². The van der Waals surface area contributed by atoms with Crippen molar-refractivity contribution < 1.29 is 18.0 Å². The van der Waals surface area contributed by atoms with E-state index in [1.165, 1.54) is 19.3 Å². The number of rotatable bonds is 2. The first-order valence-corrected chi connectivity index (χ1v) is 4.43. The number of fused-ring (bicyclic) bond motifs is 1. The Morgan fingerprint density at radius 3 is 2.80 bits per heavy atom. The summed E-state index contributed by atoms with van der Waals surface area (Å²) in [6.07, 6.45) is 1.22. The first-order chi connectivity index (χ1) is 7.09. The highest BCUT2D eigenvalue weighted by molar-refractivity contribution is 5.87. The zero-order valence-corrected chi connectivity index (χ0v) is 8.01. The Morgan fingerprint density at radius 1 is 1.40 bits per heavy atom. The van der Waals surface area contributed by atoms with Gasteiger partial charge in [0.05, 0.1) is 6.26 Å². The van der Waals surface area contributed by atoms with Gasteiger partial charge in [-0.15, -0.1) is 0 Å². The first-order valence-electron chi connectivity index (χ1n) is 4.43. The van der Waals surface area contributed by atoms with Crippen LogP contribution in [0.3, 0.4) is 0 Å². The molecule has 0 aliphatic heterocycles. The van der Waals surface area contributed by atoms with Gasteiger partial charge in [0.25, 0.3) is 0 Å². The van der Waals surface area contributed by atoms with Gasteiger partial charge in [-0.2, -0.15) is 0 Å². The maximum Gasteiger partial charge on any atom is 0.169 e. The Kier molecular flexibility index (Phi) is 2.26. The van der Waals surface area contributed by atoms with Crippen LogP contribution in [0.15, 0.2) is 22.8 Å². The molecule has 15 heavy (non-hydrogen) atoms. The average Bonchev–Trinajstić information content (AvgIpc) is 2.60. The fourth-order valence-electron chi connectivity index (χ4n) is 1.55. The smallest absolute Gasteiger partial charge is 0.169 e. The highest BCUT2D eigenvalue weighted by atomic mass is 19.1. The predicted octanol–water partition coefficient (Wildman–Crippen LogP) is 2.84. The molecule has 2 aromatic rings. The molecule has 0 saturated carbocycles. The van der Waals surface area contributed by atoms with Gasteiger partial charge in [-0.25, -0.2) is 8.78 Å². The topological polar surface area (TPSA) is 30.2 Å². The third-order valence-corrected chi connectivity index (χ3v) is 2.17. The van der Waals surface area contributed by atoms with E-state index in [-0.39, 0.29) is 23.4 Å². The van der Waals surface area contributed by atoms with Crippen molar-refractivity contribution in [2.75, 3.05) is 0 Å². The minimum atomic E-state index is -0.750. The van der Waals surface area contributed by atoms with E-state index in [1.54, 1.807) is 0 Å². The molecule has 0 atom stereocenters. The molecule has 1 aromatic heterocycles. The van der Waals surface area contributed by atoms with Crippen molar-refractivity contribution in [3.63, 3.8) is 0 Å². The Morgan fingerprint density at radius 2 is 2.13 bits per heavy atom. The number of carbonyl (C=O) groups excluding carboxylic acids is 1. The molecule has 0 aliphatic carbocycles. The highest BCUT2D eigenvalue weighted by Gasteiger charge is 2.15. The van der Waals surface area contributed by atoms with Gasteiger partial charge in [0.1, 0.15) is 11.6 Å². The van der Waals surface area contributed by atoms with Crippen molar-refractivity contribution in [1.29, 1.82) is 0 Å². The zero-order chi connectivity index (χ0) is 11.0. The molecule has 2 rings (SSSR count). The van der Waals surface area contributed by atoms with Crippen molar-refractivity contribution in [1.82, 2.24) is 0 Å². The lowest BCUT2D eigenvalue weighted by molar-refractivity contribution is -0.116. The van der Waals surface area contributed by atoms with Crippen LogP contribution in [0.5, 0.6) is 0 Å². The SMILES string of the molecule is CC(=O)Cc1c(F)cc(F)c2occc12. The van der Waals surface area contributed by atoms with Crippen LogP contribution in [0, 0.1) is 11.6 Å². The number of hydrogen-bond acceptors (Lipinski definition) is 2. The summed E-state index contributed by atoms with van der Waals surface area (Å²) in [6.45, 7) is 1.36. The summed E-state index contributed by atoms with van der Waals surface area (Å²) in [5, 5.41) is 0.322. The summed E-state index contributed by atoms with van der Waals surface area (Å²) in [5.41, 5.74) is 0.181. The Hall–Kier alpha value is -1.71. The number of furan rings is 1. The third kappa shape index (κ3) is 1.63. The average molecular weight is 210 g/mol. The van der Waals surface area contributed by atoms with Gasteiger partial charge >= 0.3 is 0 Å². The standard InChI is InChI=1S/C11H8F2O2/c1-6(14)4-8-7-2-3-15-11(7)10(13)5-9(8)12/h2-3,5H,4H2,1H3. The Balaban J connectivity index is 2.71. The lowest BCUT2D eigenvalue weighted by Crippen LogP contribution is -2.00. The van der Waals surface area contributed by atoms with E-state index >= 15 is 0 Å². The zero-order valence-electron chi connectivity index (χ0n) is 8.01. The van der Waals surface area contributed by atoms with E-state index in [2.05, 4.69) is 0 Å². The predicted molar refractivity (Wildman–Crippen MR) is 50.5 cm³/mol. The first kappa shape index (κ1) is 9.83. The molecule has 0 saturated heterocycles.